The molecule has 1 saturated heterocycles. The van der Waals surface area contributed by atoms with Crippen LogP contribution in [-0.2, 0) is 9.59 Å². The van der Waals surface area contributed by atoms with Crippen LogP contribution in [0.1, 0.15) is 47.0 Å². The lowest BCUT2D eigenvalue weighted by Crippen LogP contribution is -2.45. The fourth-order valence-corrected chi connectivity index (χ4v) is 5.36. The molecule has 0 aromatic carbocycles. The third-order valence-corrected chi connectivity index (χ3v) is 7.08. The molecule has 29 heavy (non-hydrogen) atoms. The molecule has 0 aromatic heterocycles. The van der Waals surface area contributed by atoms with E-state index in [-0.39, 0.29) is 23.2 Å². The molecule has 1 saturated carbocycles. The Balaban J connectivity index is 2.11. The number of carbonyl (C=O) groups is 2. The lowest BCUT2D eigenvalue weighted by atomic mass is 9.54. The highest BCUT2D eigenvalue weighted by Crippen LogP contribution is 2.56. The summed E-state index contributed by atoms with van der Waals surface area (Å²) >= 11 is 0. The Hall–Kier alpha value is -2.14. The SMILES string of the molecule is C/C=C/C=C/[C@@H]1C=C[C@@H]2C[C@H](C)CC[C@@H]2[C@]1(C)/C(O)=C1/C(=O)N[C@@H]([C@H](C)O)C1=O. The molecule has 2 aliphatic carbocycles. The van der Waals surface area contributed by atoms with Crippen LogP contribution in [0, 0.1) is 29.1 Å². The summed E-state index contributed by atoms with van der Waals surface area (Å²) in [7, 11) is 0. The van der Waals surface area contributed by atoms with Gasteiger partial charge in [0.1, 0.15) is 17.4 Å². The third kappa shape index (κ3) is 3.73. The minimum absolute atomic E-state index is 0.132. The summed E-state index contributed by atoms with van der Waals surface area (Å²) in [5.74, 6) is -0.306. The van der Waals surface area contributed by atoms with Gasteiger partial charge in [-0.25, -0.2) is 0 Å². The van der Waals surface area contributed by atoms with E-state index >= 15 is 0 Å². The number of nitrogens with one attached hydrogen (secondary N) is 1. The van der Waals surface area contributed by atoms with Crippen LogP contribution in [0.25, 0.3) is 0 Å². The van der Waals surface area contributed by atoms with Crippen molar-refractivity contribution >= 4 is 11.7 Å². The van der Waals surface area contributed by atoms with E-state index in [4.69, 9.17) is 0 Å². The van der Waals surface area contributed by atoms with Crippen LogP contribution in [0.15, 0.2) is 47.8 Å². The molecule has 1 heterocycles. The normalized spacial score (nSPS) is 40.4. The van der Waals surface area contributed by atoms with Crippen LogP contribution in [-0.4, -0.2) is 34.0 Å². The summed E-state index contributed by atoms with van der Waals surface area (Å²) < 4.78 is 0. The van der Waals surface area contributed by atoms with Gasteiger partial charge in [0.15, 0.2) is 5.78 Å². The molecule has 0 bridgehead atoms. The van der Waals surface area contributed by atoms with Gasteiger partial charge in [0.05, 0.1) is 6.10 Å². The fraction of sp³-hybridized carbons (Fsp3) is 0.583. The van der Waals surface area contributed by atoms with Gasteiger partial charge in [0.25, 0.3) is 5.91 Å². The lowest BCUT2D eigenvalue weighted by Gasteiger charge is -2.50. The van der Waals surface area contributed by atoms with E-state index in [1.165, 1.54) is 6.92 Å². The number of fused-ring (bicyclic) bond motifs is 1. The standard InChI is InChI=1S/C24H33NO4/c1-5-6-7-8-17-11-10-16-13-14(2)9-12-18(16)24(17,4)22(28)19-21(27)20(15(3)26)25-23(19)29/h5-8,10-11,14-18,20,26,28H,9,12-13H2,1-4H3,(H,25,29)/b6-5+,8-7+,22-19-/t14-,15+,16-,17-,18+,20+,24-/m1/s1. The number of hydrogen-bond acceptors (Lipinski definition) is 4. The van der Waals surface area contributed by atoms with Crippen molar-refractivity contribution in [3.63, 3.8) is 0 Å². The summed E-state index contributed by atoms with van der Waals surface area (Å²) in [5, 5.41) is 23.8. The molecule has 2 fully saturated rings. The quantitative estimate of drug-likeness (QED) is 0.222. The first-order chi connectivity index (χ1) is 13.7. The highest BCUT2D eigenvalue weighted by atomic mass is 16.3. The van der Waals surface area contributed by atoms with E-state index in [1.54, 1.807) is 0 Å². The van der Waals surface area contributed by atoms with E-state index in [0.29, 0.717) is 11.8 Å². The summed E-state index contributed by atoms with van der Waals surface area (Å²) in [4.78, 5) is 25.5. The molecule has 3 aliphatic rings. The van der Waals surface area contributed by atoms with Crippen LogP contribution < -0.4 is 5.32 Å². The number of aliphatic hydroxyl groups is 2. The molecule has 0 radical (unpaired) electrons. The van der Waals surface area contributed by atoms with Crippen molar-refractivity contribution in [1.29, 1.82) is 0 Å². The minimum atomic E-state index is -1.01. The second-order valence-corrected chi connectivity index (χ2v) is 9.07. The molecule has 0 unspecified atom stereocenters. The molecular formula is C24H33NO4. The predicted octanol–water partition coefficient (Wildman–Crippen LogP) is 3.62. The van der Waals surface area contributed by atoms with Crippen LogP contribution in [0.3, 0.4) is 0 Å². The molecule has 7 atom stereocenters. The first-order valence-corrected chi connectivity index (χ1v) is 10.7. The molecule has 3 N–H and O–H groups in total. The van der Waals surface area contributed by atoms with Gasteiger partial charge in [0, 0.05) is 11.3 Å². The minimum Gasteiger partial charge on any atom is -0.511 e. The number of carbonyl (C=O) groups excluding carboxylic acids is 2. The average molecular weight is 400 g/mol. The van der Waals surface area contributed by atoms with Gasteiger partial charge in [0.2, 0.25) is 0 Å². The second kappa shape index (κ2) is 8.31. The number of amides is 1. The topological polar surface area (TPSA) is 86.6 Å². The molecule has 3 rings (SSSR count). The summed E-state index contributed by atoms with van der Waals surface area (Å²) in [6.07, 6.45) is 14.2. The Morgan fingerprint density at radius 2 is 2.00 bits per heavy atom. The third-order valence-electron chi connectivity index (χ3n) is 7.08. The Bertz CT molecular complexity index is 791. The molecule has 158 valence electrons. The lowest BCUT2D eigenvalue weighted by molar-refractivity contribution is -0.118. The zero-order chi connectivity index (χ0) is 21.3. The molecule has 1 aliphatic heterocycles. The fourth-order valence-electron chi connectivity index (χ4n) is 5.36. The van der Waals surface area contributed by atoms with Gasteiger partial charge in [-0.05, 0) is 44.4 Å². The largest absolute Gasteiger partial charge is 0.511 e. The van der Waals surface area contributed by atoms with Gasteiger partial charge < -0.3 is 15.5 Å². The van der Waals surface area contributed by atoms with Gasteiger partial charge >= 0.3 is 0 Å². The second-order valence-electron chi connectivity index (χ2n) is 9.07. The molecule has 0 spiro atoms. The van der Waals surface area contributed by atoms with E-state index in [1.807, 2.05) is 38.2 Å². The molecule has 5 nitrogen and oxygen atoms in total. The van der Waals surface area contributed by atoms with Crippen molar-refractivity contribution in [2.75, 3.05) is 0 Å². The number of allylic oxidation sites excluding steroid dienone is 7. The molecule has 5 heteroatoms. The Morgan fingerprint density at radius 3 is 2.62 bits per heavy atom. The predicted molar refractivity (Wildman–Crippen MR) is 113 cm³/mol. The van der Waals surface area contributed by atoms with Gasteiger partial charge in [-0.3, -0.25) is 9.59 Å². The average Bonchev–Trinajstić information content (AvgIpc) is 2.97. The first-order valence-electron chi connectivity index (χ1n) is 10.7. The zero-order valence-corrected chi connectivity index (χ0v) is 17.8. The Kier molecular flexibility index (Phi) is 6.18. The van der Waals surface area contributed by atoms with Crippen molar-refractivity contribution < 1.29 is 19.8 Å². The van der Waals surface area contributed by atoms with Crippen LogP contribution in [0.4, 0.5) is 0 Å². The molecular weight excluding hydrogens is 366 g/mol. The maximum atomic E-state index is 12.9. The van der Waals surface area contributed by atoms with E-state index in [2.05, 4.69) is 24.4 Å². The molecule has 1 amide bonds. The summed E-state index contributed by atoms with van der Waals surface area (Å²) in [5.41, 5.74) is -0.941. The van der Waals surface area contributed by atoms with Crippen molar-refractivity contribution in [3.8, 4) is 0 Å². The highest BCUT2D eigenvalue weighted by Gasteiger charge is 2.53. The van der Waals surface area contributed by atoms with Crippen molar-refractivity contribution in [3.05, 3.63) is 47.8 Å². The van der Waals surface area contributed by atoms with Crippen LogP contribution >= 0.6 is 0 Å². The first kappa shape index (κ1) is 21.6. The van der Waals surface area contributed by atoms with Gasteiger partial charge in [-0.1, -0.05) is 56.7 Å². The summed E-state index contributed by atoms with van der Waals surface area (Å²) in [6, 6.07) is -0.999. The number of aliphatic hydroxyl groups excluding tert-OH is 2. The van der Waals surface area contributed by atoms with Gasteiger partial charge in [-0.2, -0.15) is 0 Å². The Morgan fingerprint density at radius 1 is 1.28 bits per heavy atom. The van der Waals surface area contributed by atoms with Crippen molar-refractivity contribution in [2.24, 2.45) is 29.1 Å². The number of rotatable bonds is 4. The monoisotopic (exact) mass is 399 g/mol. The maximum Gasteiger partial charge on any atom is 0.259 e. The van der Waals surface area contributed by atoms with Crippen LogP contribution in [0.2, 0.25) is 0 Å². The van der Waals surface area contributed by atoms with Crippen molar-refractivity contribution in [2.45, 2.75) is 59.1 Å². The number of Topliss-reactive ketones (excluding diaryl/α,β-unsaturated/α-hetero) is 1. The zero-order valence-electron chi connectivity index (χ0n) is 17.8. The van der Waals surface area contributed by atoms with Crippen molar-refractivity contribution in [1.82, 2.24) is 5.32 Å². The van der Waals surface area contributed by atoms with E-state index < -0.39 is 29.3 Å². The molecule has 0 aromatic rings. The smallest absolute Gasteiger partial charge is 0.259 e. The number of hydrogen-bond donors (Lipinski definition) is 3. The summed E-state index contributed by atoms with van der Waals surface area (Å²) in [6.45, 7) is 7.64. The maximum absolute atomic E-state index is 12.9. The highest BCUT2D eigenvalue weighted by molar-refractivity contribution is 6.27. The number of ketones is 1. The van der Waals surface area contributed by atoms with E-state index in [9.17, 15) is 19.8 Å². The Labute approximate surface area is 173 Å². The van der Waals surface area contributed by atoms with Crippen LogP contribution in [0.5, 0.6) is 0 Å². The van der Waals surface area contributed by atoms with E-state index in [0.717, 1.165) is 19.3 Å². The van der Waals surface area contributed by atoms with Gasteiger partial charge in [-0.15, -0.1) is 0 Å².